The molecule has 2 aromatic rings. The first-order chi connectivity index (χ1) is 12.4. The van der Waals surface area contributed by atoms with Gasteiger partial charge in [0.15, 0.2) is 0 Å². The van der Waals surface area contributed by atoms with Crippen LogP contribution in [0, 0.1) is 41.9 Å². The first-order valence-corrected chi connectivity index (χ1v) is 10.1. The van der Waals surface area contributed by atoms with Crippen LogP contribution in [0.5, 0.6) is 0 Å². The summed E-state index contributed by atoms with van der Waals surface area (Å²) < 4.78 is 0. The van der Waals surface area contributed by atoms with Crippen molar-refractivity contribution in [3.8, 4) is 0 Å². The molecule has 146 valence electrons. The van der Waals surface area contributed by atoms with E-state index in [-0.39, 0.29) is 17.4 Å². The number of hydrogen-bond donors (Lipinski definition) is 2. The van der Waals surface area contributed by atoms with Gasteiger partial charge in [-0.15, -0.1) is 0 Å². The molecule has 2 N–H and O–H groups in total. The second-order valence-electron chi connectivity index (χ2n) is 10.7. The number of fused-ring (bicyclic) bond motifs is 3. The number of rotatable bonds is 2. The fourth-order valence-electron chi connectivity index (χ4n) is 7.55. The molecule has 3 aliphatic carbocycles. The third-order valence-corrected chi connectivity index (χ3v) is 7.87. The van der Waals surface area contributed by atoms with Crippen molar-refractivity contribution in [2.45, 2.75) is 67.9 Å². The summed E-state index contributed by atoms with van der Waals surface area (Å²) in [5.41, 5.74) is 4.26. The van der Waals surface area contributed by atoms with E-state index in [1.54, 1.807) is 0 Å². The van der Waals surface area contributed by atoms with Gasteiger partial charge in [-0.05, 0) is 60.5 Å². The summed E-state index contributed by atoms with van der Waals surface area (Å²) in [6.07, 6.45) is 1.05. The fraction of sp³-hybridized carbons (Fsp3) is 0.652. The zero-order valence-corrected chi connectivity index (χ0v) is 17.9. The predicted molar refractivity (Wildman–Crippen MR) is 110 cm³/mol. The van der Waals surface area contributed by atoms with Crippen LogP contribution in [-0.2, 0) is 0 Å². The van der Waals surface area contributed by atoms with E-state index in [1.807, 2.05) is 26.0 Å². The van der Waals surface area contributed by atoms with Crippen molar-refractivity contribution in [2.24, 2.45) is 28.1 Å². The van der Waals surface area contributed by atoms with E-state index in [4.69, 9.17) is 0 Å². The molecule has 2 heterocycles. The third kappa shape index (κ3) is 2.41. The van der Waals surface area contributed by atoms with Gasteiger partial charge in [0.2, 0.25) is 0 Å². The van der Waals surface area contributed by atoms with Crippen LogP contribution >= 0.6 is 0 Å². The minimum absolute atomic E-state index is 0.00163. The zero-order chi connectivity index (χ0) is 19.9. The van der Waals surface area contributed by atoms with Gasteiger partial charge < -0.3 is 10.3 Å². The highest BCUT2D eigenvalue weighted by Crippen LogP contribution is 2.74. The maximum absolute atomic E-state index is 13.0. The molecule has 0 spiro atoms. The molecule has 0 unspecified atom stereocenters. The molecule has 3 fully saturated rings. The Labute approximate surface area is 162 Å². The Balaban J connectivity index is 1.60. The van der Waals surface area contributed by atoms with Gasteiger partial charge >= 0.3 is 0 Å². The van der Waals surface area contributed by atoms with E-state index in [0.29, 0.717) is 28.4 Å². The number of amides is 1. The minimum Gasteiger partial charge on any atom is -0.349 e. The number of carbonyl (C=O) groups is 1. The highest BCUT2D eigenvalue weighted by molar-refractivity contribution is 5.98. The van der Waals surface area contributed by atoms with Crippen LogP contribution in [0.1, 0.15) is 69.8 Å². The van der Waals surface area contributed by atoms with Crippen molar-refractivity contribution in [2.75, 3.05) is 0 Å². The second kappa shape index (κ2) is 5.36. The average molecular weight is 368 g/mol. The predicted octanol–water partition coefficient (Wildman–Crippen LogP) is 5.01. The van der Waals surface area contributed by atoms with Crippen molar-refractivity contribution in [1.82, 2.24) is 15.3 Å². The number of aromatic nitrogens is 2. The molecule has 27 heavy (non-hydrogen) atoms. The van der Waals surface area contributed by atoms with Gasteiger partial charge in [0.1, 0.15) is 5.69 Å². The Bertz CT molecular complexity index is 918. The number of nitrogens with zero attached hydrogens (tertiary/aromatic N) is 1. The van der Waals surface area contributed by atoms with E-state index in [2.05, 4.69) is 56.8 Å². The Kier molecular flexibility index (Phi) is 3.68. The Morgan fingerprint density at radius 1 is 1.07 bits per heavy atom. The molecule has 4 heteroatoms. The standard InChI is InChI=1S/C23H33N3O/c1-12-9-14-10-15(25-18(14)13(2)24-12)19(27)26-17-11-16-21(3,4)20(22(16,5)6)23(17,7)8/h9-10,16-17,20,25H,11H2,1-8H3,(H,26,27)/t16?,17-,20?/m0/s1. The Morgan fingerprint density at radius 3 is 2.30 bits per heavy atom. The maximum atomic E-state index is 13.0. The number of hydrogen-bond acceptors (Lipinski definition) is 2. The van der Waals surface area contributed by atoms with E-state index < -0.39 is 0 Å². The molecule has 2 bridgehead atoms. The van der Waals surface area contributed by atoms with E-state index >= 15 is 0 Å². The quantitative estimate of drug-likeness (QED) is 0.784. The van der Waals surface area contributed by atoms with E-state index in [0.717, 1.165) is 28.7 Å². The molecule has 0 radical (unpaired) electrons. The van der Waals surface area contributed by atoms with Crippen LogP contribution in [0.25, 0.3) is 10.9 Å². The molecule has 1 amide bonds. The van der Waals surface area contributed by atoms with Crippen molar-refractivity contribution in [3.63, 3.8) is 0 Å². The monoisotopic (exact) mass is 367 g/mol. The summed E-state index contributed by atoms with van der Waals surface area (Å²) in [7, 11) is 0. The molecular weight excluding hydrogens is 334 g/mol. The number of pyridine rings is 1. The number of H-pyrrole nitrogens is 1. The van der Waals surface area contributed by atoms with Crippen molar-refractivity contribution in [3.05, 3.63) is 29.2 Å². The van der Waals surface area contributed by atoms with E-state index in [9.17, 15) is 4.79 Å². The first-order valence-electron chi connectivity index (χ1n) is 10.1. The summed E-state index contributed by atoms with van der Waals surface area (Å²) in [5, 5.41) is 4.42. The largest absolute Gasteiger partial charge is 0.349 e. The smallest absolute Gasteiger partial charge is 0.267 e. The van der Waals surface area contributed by atoms with Crippen molar-refractivity contribution >= 4 is 16.8 Å². The van der Waals surface area contributed by atoms with Crippen molar-refractivity contribution in [1.29, 1.82) is 0 Å². The molecule has 4 nitrogen and oxygen atoms in total. The topological polar surface area (TPSA) is 57.8 Å². The number of aromatic amines is 1. The van der Waals surface area contributed by atoms with E-state index in [1.165, 1.54) is 0 Å². The van der Waals surface area contributed by atoms with Gasteiger partial charge in [-0.2, -0.15) is 0 Å². The SMILES string of the molecule is Cc1cc2cc(C(=O)N[C@H]3CC4C(C)(C)C(C4(C)C)C3(C)C)[nH]c2c(C)n1. The molecule has 0 aliphatic heterocycles. The summed E-state index contributed by atoms with van der Waals surface area (Å²) in [4.78, 5) is 20.8. The summed E-state index contributed by atoms with van der Waals surface area (Å²) in [5.74, 6) is 1.24. The third-order valence-electron chi connectivity index (χ3n) is 7.87. The highest BCUT2D eigenvalue weighted by Gasteiger charge is 2.70. The van der Waals surface area contributed by atoms with Crippen molar-refractivity contribution < 1.29 is 4.79 Å². The van der Waals surface area contributed by atoms with Gasteiger partial charge in [-0.3, -0.25) is 9.78 Å². The minimum atomic E-state index is -0.00163. The van der Waals surface area contributed by atoms with Crippen LogP contribution in [0.4, 0.5) is 0 Å². The lowest BCUT2D eigenvalue weighted by Crippen LogP contribution is -2.73. The second-order valence-corrected chi connectivity index (χ2v) is 10.7. The van der Waals surface area contributed by atoms with Gasteiger partial charge in [0.05, 0.1) is 11.2 Å². The lowest BCUT2D eigenvalue weighted by atomic mass is 9.30. The summed E-state index contributed by atoms with van der Waals surface area (Å²) >= 11 is 0. The fourth-order valence-corrected chi connectivity index (χ4v) is 7.55. The van der Waals surface area contributed by atoms with Crippen LogP contribution in [0.15, 0.2) is 12.1 Å². The van der Waals surface area contributed by atoms with Crippen LogP contribution < -0.4 is 5.32 Å². The van der Waals surface area contributed by atoms with Crippen LogP contribution in [-0.4, -0.2) is 21.9 Å². The molecule has 2 aromatic heterocycles. The molecule has 0 saturated heterocycles. The number of aryl methyl sites for hydroxylation is 2. The number of carbonyl (C=O) groups excluding carboxylic acids is 1. The van der Waals surface area contributed by atoms with Crippen LogP contribution in [0.2, 0.25) is 0 Å². The normalized spacial score (nSPS) is 30.0. The maximum Gasteiger partial charge on any atom is 0.267 e. The molecule has 3 saturated carbocycles. The van der Waals surface area contributed by atoms with Gasteiger partial charge in [0, 0.05) is 17.1 Å². The summed E-state index contributed by atoms with van der Waals surface area (Å²) in [6, 6.07) is 4.19. The lowest BCUT2D eigenvalue weighted by molar-refractivity contribution is -0.260. The highest BCUT2D eigenvalue weighted by atomic mass is 16.2. The molecular formula is C23H33N3O. The van der Waals surface area contributed by atoms with Crippen LogP contribution in [0.3, 0.4) is 0 Å². The zero-order valence-electron chi connectivity index (χ0n) is 17.9. The average Bonchev–Trinajstić information content (AvgIpc) is 2.92. The molecule has 5 rings (SSSR count). The molecule has 0 aromatic carbocycles. The summed E-state index contributed by atoms with van der Waals surface area (Å²) in [6.45, 7) is 18.3. The first kappa shape index (κ1) is 18.5. The van der Waals surface area contributed by atoms with Gasteiger partial charge in [-0.1, -0.05) is 41.5 Å². The lowest BCUT2D eigenvalue weighted by Gasteiger charge is -2.75. The van der Waals surface area contributed by atoms with Gasteiger partial charge in [0.25, 0.3) is 5.91 Å². The Hall–Kier alpha value is -1.84. The molecule has 1 atom stereocenters. The van der Waals surface area contributed by atoms with Gasteiger partial charge in [-0.25, -0.2) is 0 Å². The Morgan fingerprint density at radius 2 is 1.70 bits per heavy atom. The molecule has 3 aliphatic rings. The number of nitrogens with one attached hydrogen (secondary N) is 2.